The standard InChI is InChI=1S/C19H27N3O2/c1-14(2)11-20-18(23)17-10-19(24-21-17)8-9-22(13-19)12-16-6-4-15(3)5-7-16/h4-7,14H,8-13H2,1-3H3,(H,20,23). The number of amides is 1. The first-order valence-corrected chi connectivity index (χ1v) is 8.77. The van der Waals surface area contributed by atoms with Gasteiger partial charge in [-0.25, -0.2) is 0 Å². The molecule has 130 valence electrons. The minimum absolute atomic E-state index is 0.0856. The van der Waals surface area contributed by atoms with Crippen LogP contribution in [0.5, 0.6) is 0 Å². The number of carbonyl (C=O) groups excluding carboxylic acids is 1. The average molecular weight is 329 g/mol. The van der Waals surface area contributed by atoms with Gasteiger partial charge in [-0.05, 0) is 18.4 Å². The second-order valence-corrected chi connectivity index (χ2v) is 7.54. The van der Waals surface area contributed by atoms with Gasteiger partial charge < -0.3 is 10.2 Å². The molecule has 1 N–H and O–H groups in total. The molecule has 1 fully saturated rings. The maximum atomic E-state index is 12.2. The summed E-state index contributed by atoms with van der Waals surface area (Å²) in [5.41, 5.74) is 2.82. The summed E-state index contributed by atoms with van der Waals surface area (Å²) in [5, 5.41) is 7.00. The second kappa shape index (κ2) is 6.93. The molecule has 1 spiro atoms. The average Bonchev–Trinajstić information content (AvgIpc) is 3.15. The molecular weight excluding hydrogens is 302 g/mol. The molecule has 1 unspecified atom stereocenters. The number of rotatable bonds is 5. The van der Waals surface area contributed by atoms with Crippen molar-refractivity contribution in [3.05, 3.63) is 35.4 Å². The molecule has 24 heavy (non-hydrogen) atoms. The predicted octanol–water partition coefficient (Wildman–Crippen LogP) is 2.49. The number of benzene rings is 1. The van der Waals surface area contributed by atoms with Crippen LogP contribution in [-0.4, -0.2) is 41.8 Å². The van der Waals surface area contributed by atoms with Gasteiger partial charge in [0.05, 0.1) is 0 Å². The van der Waals surface area contributed by atoms with E-state index in [9.17, 15) is 4.79 Å². The van der Waals surface area contributed by atoms with Crippen LogP contribution in [0.15, 0.2) is 29.4 Å². The maximum absolute atomic E-state index is 12.2. The van der Waals surface area contributed by atoms with E-state index in [2.05, 4.69) is 60.4 Å². The first-order chi connectivity index (χ1) is 11.5. The highest BCUT2D eigenvalue weighted by Crippen LogP contribution is 2.34. The van der Waals surface area contributed by atoms with Gasteiger partial charge >= 0.3 is 0 Å². The zero-order valence-electron chi connectivity index (χ0n) is 14.8. The van der Waals surface area contributed by atoms with Gasteiger partial charge in [0, 0.05) is 39.0 Å². The van der Waals surface area contributed by atoms with Crippen molar-refractivity contribution in [3.8, 4) is 0 Å². The third-order valence-electron chi connectivity index (χ3n) is 4.69. The highest BCUT2D eigenvalue weighted by atomic mass is 16.7. The molecule has 2 aliphatic heterocycles. The lowest BCUT2D eigenvalue weighted by Crippen LogP contribution is -2.37. The van der Waals surface area contributed by atoms with Crippen LogP contribution < -0.4 is 5.32 Å². The molecule has 0 aliphatic carbocycles. The third-order valence-corrected chi connectivity index (χ3v) is 4.69. The minimum Gasteiger partial charge on any atom is -0.387 e. The van der Waals surface area contributed by atoms with Crippen molar-refractivity contribution in [2.45, 2.75) is 45.8 Å². The molecule has 0 aromatic heterocycles. The topological polar surface area (TPSA) is 53.9 Å². The van der Waals surface area contributed by atoms with Crippen molar-refractivity contribution in [2.24, 2.45) is 11.1 Å². The molecule has 1 amide bonds. The van der Waals surface area contributed by atoms with Crippen molar-refractivity contribution < 1.29 is 9.63 Å². The molecule has 0 radical (unpaired) electrons. The van der Waals surface area contributed by atoms with E-state index in [1.54, 1.807) is 0 Å². The van der Waals surface area contributed by atoms with Gasteiger partial charge in [0.1, 0.15) is 5.71 Å². The Morgan fingerprint density at radius 2 is 2.12 bits per heavy atom. The number of nitrogens with one attached hydrogen (secondary N) is 1. The number of hydrogen-bond donors (Lipinski definition) is 1. The summed E-state index contributed by atoms with van der Waals surface area (Å²) in [6, 6.07) is 8.65. The Labute approximate surface area is 144 Å². The minimum atomic E-state index is -0.310. The largest absolute Gasteiger partial charge is 0.387 e. The van der Waals surface area contributed by atoms with E-state index in [0.29, 0.717) is 24.6 Å². The number of oxime groups is 1. The smallest absolute Gasteiger partial charge is 0.269 e. The van der Waals surface area contributed by atoms with E-state index >= 15 is 0 Å². The van der Waals surface area contributed by atoms with Gasteiger partial charge in [-0.3, -0.25) is 9.69 Å². The summed E-state index contributed by atoms with van der Waals surface area (Å²) < 4.78 is 0. The Morgan fingerprint density at radius 1 is 1.38 bits per heavy atom. The molecule has 0 saturated carbocycles. The number of carbonyl (C=O) groups is 1. The number of nitrogens with zero attached hydrogens (tertiary/aromatic N) is 2. The van der Waals surface area contributed by atoms with Crippen LogP contribution >= 0.6 is 0 Å². The van der Waals surface area contributed by atoms with E-state index in [1.807, 2.05) is 0 Å². The Balaban J connectivity index is 1.52. The lowest BCUT2D eigenvalue weighted by Gasteiger charge is -2.21. The molecule has 2 heterocycles. The van der Waals surface area contributed by atoms with E-state index in [4.69, 9.17) is 4.84 Å². The van der Waals surface area contributed by atoms with E-state index in [0.717, 1.165) is 26.1 Å². The summed E-state index contributed by atoms with van der Waals surface area (Å²) in [7, 11) is 0. The Bertz CT molecular complexity index is 624. The monoisotopic (exact) mass is 329 g/mol. The van der Waals surface area contributed by atoms with Crippen LogP contribution in [0.3, 0.4) is 0 Å². The molecule has 5 nitrogen and oxygen atoms in total. The summed E-state index contributed by atoms with van der Waals surface area (Å²) >= 11 is 0. The van der Waals surface area contributed by atoms with Gasteiger partial charge in [-0.1, -0.05) is 48.8 Å². The first-order valence-electron chi connectivity index (χ1n) is 8.77. The number of hydrogen-bond acceptors (Lipinski definition) is 4. The highest BCUT2D eigenvalue weighted by Gasteiger charge is 2.46. The Hall–Kier alpha value is -1.88. The quantitative estimate of drug-likeness (QED) is 0.903. The fraction of sp³-hybridized carbons (Fsp3) is 0.579. The molecule has 0 bridgehead atoms. The van der Waals surface area contributed by atoms with Crippen LogP contribution in [-0.2, 0) is 16.2 Å². The van der Waals surface area contributed by atoms with Crippen LogP contribution in [0.25, 0.3) is 0 Å². The van der Waals surface area contributed by atoms with E-state index < -0.39 is 0 Å². The van der Waals surface area contributed by atoms with Crippen molar-refractivity contribution in [1.82, 2.24) is 10.2 Å². The molecule has 1 saturated heterocycles. The Kier molecular flexibility index (Phi) is 4.90. The summed E-state index contributed by atoms with van der Waals surface area (Å²) in [6.45, 7) is 9.65. The summed E-state index contributed by atoms with van der Waals surface area (Å²) in [5.74, 6) is 0.347. The molecule has 5 heteroatoms. The van der Waals surface area contributed by atoms with Crippen molar-refractivity contribution >= 4 is 11.6 Å². The van der Waals surface area contributed by atoms with Gasteiger partial charge in [0.25, 0.3) is 5.91 Å². The molecule has 1 atom stereocenters. The first kappa shape index (κ1) is 17.0. The van der Waals surface area contributed by atoms with Gasteiger partial charge in [-0.2, -0.15) is 0 Å². The zero-order chi connectivity index (χ0) is 17.2. The van der Waals surface area contributed by atoms with Crippen molar-refractivity contribution in [2.75, 3.05) is 19.6 Å². The predicted molar refractivity (Wildman–Crippen MR) is 94.8 cm³/mol. The normalized spacial score (nSPS) is 23.6. The fourth-order valence-electron chi connectivity index (χ4n) is 3.28. The number of likely N-dealkylation sites (tertiary alicyclic amines) is 1. The van der Waals surface area contributed by atoms with E-state index in [1.165, 1.54) is 11.1 Å². The summed E-state index contributed by atoms with van der Waals surface area (Å²) in [6.07, 6.45) is 1.53. The lowest BCUT2D eigenvalue weighted by atomic mass is 9.96. The van der Waals surface area contributed by atoms with E-state index in [-0.39, 0.29) is 11.5 Å². The Morgan fingerprint density at radius 3 is 2.83 bits per heavy atom. The van der Waals surface area contributed by atoms with Crippen LogP contribution in [0, 0.1) is 12.8 Å². The highest BCUT2D eigenvalue weighted by molar-refractivity contribution is 6.39. The second-order valence-electron chi connectivity index (χ2n) is 7.54. The van der Waals surface area contributed by atoms with Crippen LogP contribution in [0.1, 0.15) is 37.8 Å². The lowest BCUT2D eigenvalue weighted by molar-refractivity contribution is -0.115. The molecule has 1 aromatic rings. The SMILES string of the molecule is Cc1ccc(CN2CCC3(CC(C(=O)NCC(C)C)=NO3)C2)cc1. The molecular formula is C19H27N3O2. The van der Waals surface area contributed by atoms with Crippen LogP contribution in [0.2, 0.25) is 0 Å². The number of aryl methyl sites for hydroxylation is 1. The van der Waals surface area contributed by atoms with Crippen LogP contribution in [0.4, 0.5) is 0 Å². The van der Waals surface area contributed by atoms with Gasteiger partial charge in [0.15, 0.2) is 5.60 Å². The van der Waals surface area contributed by atoms with Gasteiger partial charge in [-0.15, -0.1) is 0 Å². The zero-order valence-corrected chi connectivity index (χ0v) is 14.8. The molecule has 1 aromatic carbocycles. The summed E-state index contributed by atoms with van der Waals surface area (Å²) in [4.78, 5) is 20.3. The third kappa shape index (κ3) is 3.96. The maximum Gasteiger partial charge on any atom is 0.269 e. The molecule has 2 aliphatic rings. The van der Waals surface area contributed by atoms with Crippen molar-refractivity contribution in [1.29, 1.82) is 0 Å². The molecule has 3 rings (SSSR count). The van der Waals surface area contributed by atoms with Gasteiger partial charge in [0.2, 0.25) is 0 Å². The fourth-order valence-corrected chi connectivity index (χ4v) is 3.28. The van der Waals surface area contributed by atoms with Crippen molar-refractivity contribution in [3.63, 3.8) is 0 Å².